The van der Waals surface area contributed by atoms with Crippen LogP contribution in [0.15, 0.2) is 67.4 Å². The van der Waals surface area contributed by atoms with Crippen LogP contribution >= 0.6 is 0 Å². The lowest BCUT2D eigenvalue weighted by atomic mass is 9.94. The number of aromatic nitrogens is 3. The highest BCUT2D eigenvalue weighted by Gasteiger charge is 2.37. The molecule has 0 saturated heterocycles. The van der Waals surface area contributed by atoms with E-state index in [2.05, 4.69) is 41.3 Å². The van der Waals surface area contributed by atoms with Gasteiger partial charge in [-0.3, -0.25) is 38.7 Å². The van der Waals surface area contributed by atoms with Crippen LogP contribution in [0.2, 0.25) is 0 Å². The van der Waals surface area contributed by atoms with Crippen molar-refractivity contribution >= 4 is 108 Å². The molecule has 0 spiro atoms. The fraction of sp³-hybridized carbons (Fsp3) is 0.219. The number of halogens is 1. The number of ketones is 2. The monoisotopic (exact) mass is 1010 g/mol. The highest BCUT2D eigenvalue weighted by atomic mass is 32.2. The Morgan fingerprint density at radius 1 is 0.738 bits per heavy atom. The number of fused-ring (bicyclic) bond motifs is 1. The Kier molecular flexibility index (Phi) is 14.2. The molecule has 27 nitrogen and oxygen atoms in total. The molecule has 1 aromatic heterocycles. The summed E-state index contributed by atoms with van der Waals surface area (Å²) in [5.41, 5.74) is 0.619. The second kappa shape index (κ2) is 18.6. The van der Waals surface area contributed by atoms with E-state index in [1.807, 2.05) is 0 Å². The number of Topliss-reactive ketones (excluding diaryl/α,β-unsaturated/α-hetero) is 1. The summed E-state index contributed by atoms with van der Waals surface area (Å²) in [6.07, 6.45) is 1.31. The number of nitrogens with one attached hydrogen (secondary N) is 3. The largest absolute Gasteiger partial charge is 0.493 e. The van der Waals surface area contributed by atoms with Crippen molar-refractivity contribution in [2.24, 2.45) is 10.2 Å². The van der Waals surface area contributed by atoms with Gasteiger partial charge in [0.2, 0.25) is 23.5 Å². The molecular formula is C32H32FN9O18S5. The Morgan fingerprint density at radius 3 is 1.91 bits per heavy atom. The van der Waals surface area contributed by atoms with Crippen LogP contribution < -0.4 is 30.5 Å². The summed E-state index contributed by atoms with van der Waals surface area (Å²) in [5, 5.41) is 9.98. The molecule has 0 saturated carbocycles. The van der Waals surface area contributed by atoms with Crippen LogP contribution in [0.25, 0.3) is 6.08 Å². The summed E-state index contributed by atoms with van der Waals surface area (Å²) < 4.78 is 185. The summed E-state index contributed by atoms with van der Waals surface area (Å²) in [5.74, 6) is -6.29. The summed E-state index contributed by atoms with van der Waals surface area (Å²) in [6.45, 7) is -0.467. The maximum atomic E-state index is 14.7. The van der Waals surface area contributed by atoms with Crippen LogP contribution in [0.5, 0.6) is 11.5 Å². The summed E-state index contributed by atoms with van der Waals surface area (Å²) in [4.78, 5) is 34.8. The number of allylic oxidation sites excluding steroid dienone is 4. The molecule has 1 heterocycles. The van der Waals surface area contributed by atoms with E-state index in [0.29, 0.717) is 6.08 Å². The van der Waals surface area contributed by atoms with Gasteiger partial charge < -0.3 is 19.7 Å². The Hall–Kier alpha value is -6.33. The van der Waals surface area contributed by atoms with E-state index in [0.717, 1.165) is 35.3 Å². The number of sulfone groups is 1. The maximum absolute atomic E-state index is 14.7. The molecule has 0 fully saturated rings. The fourth-order valence-electron chi connectivity index (χ4n) is 5.50. The van der Waals surface area contributed by atoms with Crippen LogP contribution in [-0.2, 0) is 55.1 Å². The summed E-state index contributed by atoms with van der Waals surface area (Å²) in [7, 11) is -20.9. The van der Waals surface area contributed by atoms with Gasteiger partial charge in [0.05, 0.1) is 53.4 Å². The van der Waals surface area contributed by atoms with Gasteiger partial charge in [-0.25, -0.2) is 8.42 Å². The minimum absolute atomic E-state index is 0.0131. The van der Waals surface area contributed by atoms with E-state index in [1.54, 1.807) is 0 Å². The van der Waals surface area contributed by atoms with Gasteiger partial charge in [-0.15, -0.1) is 0 Å². The molecule has 0 aliphatic heterocycles. The second-order valence-electron chi connectivity index (χ2n) is 13.1. The third-order valence-electron chi connectivity index (χ3n) is 8.61. The molecule has 2 aromatic carbocycles. The molecule has 0 bridgehead atoms. The van der Waals surface area contributed by atoms with Crippen molar-refractivity contribution in [3.8, 4) is 11.5 Å². The van der Waals surface area contributed by atoms with Crippen LogP contribution in [0.1, 0.15) is 15.9 Å². The molecule has 0 atom stereocenters. The number of rotatable bonds is 18. The van der Waals surface area contributed by atoms with Gasteiger partial charge in [-0.2, -0.15) is 63.2 Å². The van der Waals surface area contributed by atoms with Crippen LogP contribution in [0.3, 0.4) is 0 Å². The number of hydrogen-bond donors (Lipinski definition) is 7. The average molecular weight is 1010 g/mol. The van der Waals surface area contributed by atoms with E-state index >= 15 is 0 Å². The third-order valence-corrected chi connectivity index (χ3v) is 13.9. The standard InChI is InChI=1S/C32H32FN9O18S5/c1-42(8-9-61(45,46)10-11-62(47,48)49)32-36-30(33)35-31(37-32)34-19-6-5-17-18(29(19)65(56,57)58)13-26(64(53,54)55)27(28(17)44)41-39-21-15-25(60-3)24(59-2)14-20(21)38-40-22-12-16(63(50,51)52)4-7-23(22)43/h4-7,12-15,38-39H,8-11H2,1-3H3,(H,47,48,49)(H,50,51,52)(H,53,54,55)(H,56,57,58)(H,34,35,36,37)/b40-22-,41-27-. The first kappa shape index (κ1) is 49.7. The molecular weight excluding hydrogens is 978 g/mol. The average Bonchev–Trinajstić information content (AvgIpc) is 3.19. The molecule has 0 radical (unpaired) electrons. The molecule has 3 aromatic rings. The Morgan fingerprint density at radius 2 is 1.35 bits per heavy atom. The molecule has 0 unspecified atom stereocenters. The van der Waals surface area contributed by atoms with Crippen molar-refractivity contribution < 1.29 is 83.8 Å². The minimum atomic E-state index is -5.52. The van der Waals surface area contributed by atoms with E-state index in [9.17, 15) is 69.7 Å². The van der Waals surface area contributed by atoms with Gasteiger partial charge >= 0.3 is 6.08 Å². The first-order valence-electron chi connectivity index (χ1n) is 17.3. The predicted octanol–water partition coefficient (Wildman–Crippen LogP) is 0.329. The summed E-state index contributed by atoms with van der Waals surface area (Å²) in [6, 6.07) is 4.13. The van der Waals surface area contributed by atoms with Crippen molar-refractivity contribution in [1.29, 1.82) is 0 Å². The molecule has 0 amide bonds. The first-order valence-corrected chi connectivity index (χ1v) is 25.1. The second-order valence-corrected chi connectivity index (χ2v) is 21.1. The Bertz CT molecular complexity index is 3250. The lowest BCUT2D eigenvalue weighted by molar-refractivity contribution is -0.108. The molecule has 2 aliphatic carbocycles. The van der Waals surface area contributed by atoms with E-state index in [4.69, 9.17) is 14.0 Å². The number of ether oxygens (including phenoxy) is 2. The first-order chi connectivity index (χ1) is 30.0. The molecule has 5 rings (SSSR count). The maximum Gasteiger partial charge on any atom is 0.315 e. The zero-order chi connectivity index (χ0) is 48.4. The van der Waals surface area contributed by atoms with Gasteiger partial charge in [-0.05, 0) is 36.4 Å². The highest BCUT2D eigenvalue weighted by molar-refractivity contribution is 7.93. The van der Waals surface area contributed by atoms with Crippen molar-refractivity contribution in [3.63, 3.8) is 0 Å². The SMILES string of the molecule is COc1cc(N/N=C2/C=C(S(=O)(=O)O)C=CC2=O)c(N/N=C2\C(=O)c3ccc(Nc4nc(F)nc(N(C)CCS(=O)(=O)CCS(=O)(=O)O)n4)c(S(=O)(=O)O)c3C=C2S(=O)(=O)O)cc1OC. The number of hydrogen-bond acceptors (Lipinski definition) is 23. The summed E-state index contributed by atoms with van der Waals surface area (Å²) >= 11 is 0. The minimum Gasteiger partial charge on any atom is -0.493 e. The van der Waals surface area contributed by atoms with Gasteiger partial charge in [-0.1, -0.05) is 0 Å². The zero-order valence-electron chi connectivity index (χ0n) is 33.1. The third kappa shape index (κ3) is 12.3. The molecule has 2 aliphatic rings. The van der Waals surface area contributed by atoms with Crippen molar-refractivity contribution in [3.05, 3.63) is 69.5 Å². The number of anilines is 5. The van der Waals surface area contributed by atoms with E-state index in [1.165, 1.54) is 33.4 Å². The molecule has 65 heavy (non-hydrogen) atoms. The van der Waals surface area contributed by atoms with E-state index in [-0.39, 0.29) is 22.9 Å². The van der Waals surface area contributed by atoms with Crippen LogP contribution in [0, 0.1) is 6.08 Å². The zero-order valence-corrected chi connectivity index (χ0v) is 37.1. The molecule has 7 N–H and O–H groups in total. The quantitative estimate of drug-likeness (QED) is 0.0513. The number of benzene rings is 2. The smallest absolute Gasteiger partial charge is 0.315 e. The predicted molar refractivity (Wildman–Crippen MR) is 227 cm³/mol. The number of carbonyl (C=O) groups excluding carboxylic acids is 2. The van der Waals surface area contributed by atoms with Crippen molar-refractivity contribution in [2.75, 3.05) is 66.1 Å². The Balaban J connectivity index is 1.54. The van der Waals surface area contributed by atoms with Gasteiger partial charge in [0.25, 0.3) is 40.5 Å². The number of nitrogens with zero attached hydrogens (tertiary/aromatic N) is 6. The molecule has 33 heteroatoms. The normalized spacial score (nSPS) is 15.9. The number of methoxy groups -OCH3 is 2. The highest BCUT2D eigenvalue weighted by Crippen LogP contribution is 2.39. The van der Waals surface area contributed by atoms with Crippen molar-refractivity contribution in [2.45, 2.75) is 4.90 Å². The van der Waals surface area contributed by atoms with Crippen LogP contribution in [-0.4, -0.2) is 143 Å². The number of hydrazone groups is 2. The lowest BCUT2D eigenvalue weighted by Gasteiger charge is -2.21. The number of carbonyl (C=O) groups is 2. The molecule has 350 valence electrons. The van der Waals surface area contributed by atoms with Gasteiger partial charge in [0, 0.05) is 36.9 Å². The van der Waals surface area contributed by atoms with Gasteiger partial charge in [0.1, 0.15) is 15.5 Å². The van der Waals surface area contributed by atoms with Crippen LogP contribution in [0.4, 0.5) is 33.3 Å². The van der Waals surface area contributed by atoms with E-state index < -0.39 is 147 Å². The van der Waals surface area contributed by atoms with Crippen molar-refractivity contribution in [1.82, 2.24) is 15.0 Å². The lowest BCUT2D eigenvalue weighted by Crippen LogP contribution is -2.30. The topological polar surface area (TPSA) is 407 Å². The van der Waals surface area contributed by atoms with Gasteiger partial charge in [0.15, 0.2) is 27.0 Å². The fourth-order valence-corrected chi connectivity index (χ4v) is 10.1. The Labute approximate surface area is 367 Å².